The molecule has 148 valence electrons. The number of aryl methyl sites for hydroxylation is 1. The summed E-state index contributed by atoms with van der Waals surface area (Å²) in [5.74, 6) is 2.20. The van der Waals surface area contributed by atoms with E-state index in [4.69, 9.17) is 4.74 Å². The molecule has 0 radical (unpaired) electrons. The van der Waals surface area contributed by atoms with E-state index in [1.165, 1.54) is 6.33 Å². The Kier molecular flexibility index (Phi) is 5.38. The van der Waals surface area contributed by atoms with Gasteiger partial charge < -0.3 is 19.9 Å². The highest BCUT2D eigenvalue weighted by Gasteiger charge is 2.31. The van der Waals surface area contributed by atoms with E-state index < -0.39 is 0 Å². The number of carbonyl (C=O) groups excluding carboxylic acids is 1. The summed E-state index contributed by atoms with van der Waals surface area (Å²) in [7, 11) is 0. The van der Waals surface area contributed by atoms with Gasteiger partial charge in [-0.3, -0.25) is 9.78 Å². The Morgan fingerprint density at radius 1 is 1.18 bits per heavy atom. The summed E-state index contributed by atoms with van der Waals surface area (Å²) in [4.78, 5) is 29.9. The van der Waals surface area contributed by atoms with Gasteiger partial charge in [0.15, 0.2) is 5.75 Å². The second-order valence-corrected chi connectivity index (χ2v) is 7.30. The number of rotatable bonds is 4. The van der Waals surface area contributed by atoms with Crippen LogP contribution in [0.15, 0.2) is 24.7 Å². The van der Waals surface area contributed by atoms with E-state index in [0.717, 1.165) is 56.1 Å². The molecule has 0 unspecified atom stereocenters. The molecule has 8 nitrogen and oxygen atoms in total. The molecule has 2 aromatic heterocycles. The van der Waals surface area contributed by atoms with Crippen molar-refractivity contribution in [3.63, 3.8) is 0 Å². The average molecular weight is 382 g/mol. The van der Waals surface area contributed by atoms with Crippen molar-refractivity contribution in [2.45, 2.75) is 32.7 Å². The van der Waals surface area contributed by atoms with E-state index in [1.807, 2.05) is 30.9 Å². The number of ether oxygens (including phenoxy) is 1. The third-order valence-corrected chi connectivity index (χ3v) is 5.37. The normalized spacial score (nSPS) is 19.7. The fourth-order valence-corrected chi connectivity index (χ4v) is 3.79. The maximum Gasteiger partial charge on any atom is 0.241 e. The van der Waals surface area contributed by atoms with E-state index in [-0.39, 0.29) is 11.9 Å². The van der Waals surface area contributed by atoms with Crippen LogP contribution in [0.3, 0.4) is 0 Å². The minimum atomic E-state index is -0.203. The third-order valence-electron chi connectivity index (χ3n) is 5.37. The molecule has 1 N–H and O–H groups in total. The molecule has 8 heteroatoms. The zero-order valence-corrected chi connectivity index (χ0v) is 16.4. The lowest BCUT2D eigenvalue weighted by Crippen LogP contribution is -2.57. The first-order valence-electron chi connectivity index (χ1n) is 9.81. The Morgan fingerprint density at radius 3 is 2.79 bits per heavy atom. The maximum atomic E-state index is 12.8. The van der Waals surface area contributed by atoms with Crippen LogP contribution >= 0.6 is 0 Å². The third kappa shape index (κ3) is 3.77. The summed E-state index contributed by atoms with van der Waals surface area (Å²) in [5.41, 5.74) is 1.67. The Morgan fingerprint density at radius 2 is 2.00 bits per heavy atom. The molecule has 4 rings (SSSR count). The molecule has 2 fully saturated rings. The molecular formula is C20H26N6O2. The number of aromatic nitrogens is 3. The van der Waals surface area contributed by atoms with Gasteiger partial charge in [0, 0.05) is 38.9 Å². The van der Waals surface area contributed by atoms with E-state index in [2.05, 4.69) is 25.2 Å². The molecule has 2 aliphatic rings. The summed E-state index contributed by atoms with van der Waals surface area (Å²) in [6.07, 6.45) is 5.45. The van der Waals surface area contributed by atoms with Gasteiger partial charge >= 0.3 is 0 Å². The Hall–Kier alpha value is -2.74. The number of pyridine rings is 1. The predicted molar refractivity (Wildman–Crippen MR) is 106 cm³/mol. The maximum absolute atomic E-state index is 12.8. The first-order valence-corrected chi connectivity index (χ1v) is 9.81. The minimum Gasteiger partial charge on any atom is -0.437 e. The summed E-state index contributed by atoms with van der Waals surface area (Å²) in [5, 5.41) is 3.36. The monoisotopic (exact) mass is 382 g/mol. The van der Waals surface area contributed by atoms with Crippen molar-refractivity contribution in [2.75, 3.05) is 37.6 Å². The van der Waals surface area contributed by atoms with Gasteiger partial charge in [-0.25, -0.2) is 9.97 Å². The second-order valence-electron chi connectivity index (χ2n) is 7.30. The lowest BCUT2D eigenvalue weighted by molar-refractivity contribution is -0.132. The number of nitrogens with one attached hydrogen (secondary N) is 1. The Balaban J connectivity index is 1.52. The van der Waals surface area contributed by atoms with Gasteiger partial charge in [-0.1, -0.05) is 0 Å². The van der Waals surface area contributed by atoms with Crippen LogP contribution in [0.25, 0.3) is 0 Å². The molecule has 2 aromatic rings. The average Bonchev–Trinajstić information content (AvgIpc) is 3.25. The van der Waals surface area contributed by atoms with Crippen LogP contribution < -0.4 is 15.0 Å². The number of amides is 1. The van der Waals surface area contributed by atoms with Crippen molar-refractivity contribution in [2.24, 2.45) is 0 Å². The fraction of sp³-hybridized carbons (Fsp3) is 0.500. The Labute approximate surface area is 164 Å². The topological polar surface area (TPSA) is 83.5 Å². The molecule has 0 bridgehead atoms. The number of nitrogens with zero attached hydrogens (tertiary/aromatic N) is 5. The van der Waals surface area contributed by atoms with Crippen molar-refractivity contribution < 1.29 is 9.53 Å². The van der Waals surface area contributed by atoms with E-state index in [0.29, 0.717) is 18.2 Å². The van der Waals surface area contributed by atoms with Crippen LogP contribution in [-0.4, -0.2) is 64.5 Å². The molecule has 1 atom stereocenters. The Bertz CT molecular complexity index is 852. The van der Waals surface area contributed by atoms with E-state index >= 15 is 0 Å². The molecule has 0 aliphatic carbocycles. The highest BCUT2D eigenvalue weighted by Crippen LogP contribution is 2.29. The number of hydrogen-bond donors (Lipinski definition) is 1. The number of carbonyl (C=O) groups is 1. The van der Waals surface area contributed by atoms with Gasteiger partial charge in [-0.2, -0.15) is 0 Å². The number of hydrogen-bond acceptors (Lipinski definition) is 7. The first kappa shape index (κ1) is 18.6. The van der Waals surface area contributed by atoms with Crippen molar-refractivity contribution in [1.29, 1.82) is 0 Å². The molecule has 4 heterocycles. The standard InChI is InChI=1S/C20H26N6O2/c1-14-18(23-13-24-19(14)28-17-6-5-7-21-15(17)2)26-11-8-22-16(12-26)20(27)25-9-3-4-10-25/h5-7,13,16,22H,3-4,8-12H2,1-2H3/t16-/m1/s1. The summed E-state index contributed by atoms with van der Waals surface area (Å²) >= 11 is 0. The lowest BCUT2D eigenvalue weighted by atomic mass is 10.1. The van der Waals surface area contributed by atoms with Crippen molar-refractivity contribution in [3.8, 4) is 11.6 Å². The quantitative estimate of drug-likeness (QED) is 0.861. The van der Waals surface area contributed by atoms with Crippen LogP contribution in [0.1, 0.15) is 24.1 Å². The minimum absolute atomic E-state index is 0.191. The van der Waals surface area contributed by atoms with Gasteiger partial charge in [-0.15, -0.1) is 0 Å². The highest BCUT2D eigenvalue weighted by molar-refractivity contribution is 5.83. The molecule has 2 saturated heterocycles. The molecular weight excluding hydrogens is 356 g/mol. The van der Waals surface area contributed by atoms with Crippen LogP contribution in [0, 0.1) is 13.8 Å². The number of anilines is 1. The highest BCUT2D eigenvalue weighted by atomic mass is 16.5. The molecule has 0 saturated carbocycles. The van der Waals surface area contributed by atoms with Crippen LogP contribution in [0.2, 0.25) is 0 Å². The van der Waals surface area contributed by atoms with E-state index in [1.54, 1.807) is 6.20 Å². The van der Waals surface area contributed by atoms with Crippen molar-refractivity contribution in [3.05, 3.63) is 35.9 Å². The van der Waals surface area contributed by atoms with Crippen LogP contribution in [-0.2, 0) is 4.79 Å². The van der Waals surface area contributed by atoms with Gasteiger partial charge in [0.1, 0.15) is 18.2 Å². The molecule has 0 spiro atoms. The molecule has 0 aromatic carbocycles. The van der Waals surface area contributed by atoms with Gasteiger partial charge in [0.2, 0.25) is 11.8 Å². The lowest BCUT2D eigenvalue weighted by Gasteiger charge is -2.36. The van der Waals surface area contributed by atoms with E-state index in [9.17, 15) is 4.79 Å². The zero-order valence-electron chi connectivity index (χ0n) is 16.4. The van der Waals surface area contributed by atoms with Crippen molar-refractivity contribution >= 4 is 11.7 Å². The largest absolute Gasteiger partial charge is 0.437 e. The SMILES string of the molecule is Cc1ncccc1Oc1ncnc(N2CCN[C@@H](C(=O)N3CCCC3)C2)c1C. The van der Waals surface area contributed by atoms with Crippen molar-refractivity contribution in [1.82, 2.24) is 25.2 Å². The summed E-state index contributed by atoms with van der Waals surface area (Å²) in [6.45, 7) is 7.71. The fourth-order valence-electron chi connectivity index (χ4n) is 3.79. The molecule has 28 heavy (non-hydrogen) atoms. The molecule has 1 amide bonds. The zero-order chi connectivity index (χ0) is 19.5. The number of piperazine rings is 1. The summed E-state index contributed by atoms with van der Waals surface area (Å²) in [6, 6.07) is 3.51. The van der Waals surface area contributed by atoms with Gasteiger partial charge in [-0.05, 0) is 38.8 Å². The molecule has 2 aliphatic heterocycles. The smallest absolute Gasteiger partial charge is 0.241 e. The van der Waals surface area contributed by atoms with Gasteiger partial charge in [0.05, 0.1) is 11.3 Å². The first-order chi connectivity index (χ1) is 13.6. The predicted octanol–water partition coefficient (Wildman–Crippen LogP) is 1.68. The second kappa shape index (κ2) is 8.10. The number of likely N-dealkylation sites (tertiary alicyclic amines) is 1. The summed E-state index contributed by atoms with van der Waals surface area (Å²) < 4.78 is 6.00. The van der Waals surface area contributed by atoms with Gasteiger partial charge in [0.25, 0.3) is 0 Å². The van der Waals surface area contributed by atoms with Crippen LogP contribution in [0.5, 0.6) is 11.6 Å². The van der Waals surface area contributed by atoms with Crippen LogP contribution in [0.4, 0.5) is 5.82 Å².